The van der Waals surface area contributed by atoms with Crippen molar-refractivity contribution in [2.75, 3.05) is 0 Å². The molecule has 53 heavy (non-hydrogen) atoms. The van der Waals surface area contributed by atoms with Crippen molar-refractivity contribution in [2.45, 2.75) is 202 Å². The monoisotopic (exact) mass is 729 g/mol. The molecule has 0 radical (unpaired) electrons. The number of rotatable bonds is 23. The van der Waals surface area contributed by atoms with Crippen LogP contribution in [-0.2, 0) is 9.53 Å². The van der Waals surface area contributed by atoms with Crippen LogP contribution in [0.25, 0.3) is 0 Å². The maximum Gasteiger partial charge on any atom is 0.306 e. The topological polar surface area (TPSA) is 26.3 Å². The summed E-state index contributed by atoms with van der Waals surface area (Å²) in [6.07, 6.45) is 49.4. The van der Waals surface area contributed by atoms with Gasteiger partial charge in [-0.2, -0.15) is 0 Å². The molecule has 9 unspecified atom stereocenters. The predicted molar refractivity (Wildman–Crippen MR) is 230 cm³/mol. The number of carbonyl (C=O) groups excluding carboxylic acids is 1. The van der Waals surface area contributed by atoms with Gasteiger partial charge in [0.2, 0.25) is 0 Å². The molecule has 0 N–H and O–H groups in total. The smallest absolute Gasteiger partial charge is 0.306 e. The number of esters is 1. The molecule has 4 aliphatic carbocycles. The van der Waals surface area contributed by atoms with Crippen molar-refractivity contribution in [3.05, 3.63) is 60.3 Å². The molecule has 4 aliphatic rings. The molecule has 0 amide bonds. The fourth-order valence-corrected chi connectivity index (χ4v) is 11.7. The second-order valence-electron chi connectivity index (χ2n) is 18.9. The molecule has 3 saturated carbocycles. The van der Waals surface area contributed by atoms with E-state index in [4.69, 9.17) is 4.74 Å². The van der Waals surface area contributed by atoms with Crippen LogP contribution < -0.4 is 0 Å². The zero-order chi connectivity index (χ0) is 38.1. The van der Waals surface area contributed by atoms with Crippen LogP contribution in [0.5, 0.6) is 0 Å². The van der Waals surface area contributed by atoms with Gasteiger partial charge >= 0.3 is 5.97 Å². The summed E-state index contributed by atoms with van der Waals surface area (Å²) in [5, 5.41) is 0. The third kappa shape index (κ3) is 12.6. The number of ether oxygens (including phenoxy) is 1. The van der Waals surface area contributed by atoms with Crippen molar-refractivity contribution in [1.82, 2.24) is 0 Å². The average Bonchev–Trinajstić information content (AvgIpc) is 3.50. The Morgan fingerprint density at radius 2 is 1.43 bits per heavy atom. The normalized spacial score (nSPS) is 31.3. The van der Waals surface area contributed by atoms with Crippen molar-refractivity contribution in [2.24, 2.45) is 52.3 Å². The lowest BCUT2D eigenvalue weighted by atomic mass is 9.47. The first kappa shape index (κ1) is 43.9. The van der Waals surface area contributed by atoms with Crippen LogP contribution in [0, 0.1) is 52.3 Å². The molecule has 2 nitrogen and oxygen atoms in total. The Kier molecular flexibility index (Phi) is 18.8. The maximum absolute atomic E-state index is 12.9. The van der Waals surface area contributed by atoms with Crippen LogP contribution >= 0.6 is 0 Å². The standard InChI is InChI=1S/C51H84O2/c1-8-10-11-12-13-14-15-16-17-18-19-20-21-22-23-24-25-26-27-28-49(52)53-44-35-37-50(6)43(39-44)31-32-45-47-34-33-46(51(47,7)38-36-48(45)50)41(5)29-30-42(9-2)40(3)4/h13-14,16-17,19-20,29-31,40-42,44-48H,8-12,15,18,21-28,32-39H2,1-7H3/b14-13-,17-16-,20-19-,30-29+. The summed E-state index contributed by atoms with van der Waals surface area (Å²) < 4.78 is 6.14. The Morgan fingerprint density at radius 3 is 2.11 bits per heavy atom. The minimum Gasteiger partial charge on any atom is -0.462 e. The Morgan fingerprint density at radius 1 is 0.774 bits per heavy atom. The summed E-state index contributed by atoms with van der Waals surface area (Å²) in [5.74, 6) is 5.50. The van der Waals surface area contributed by atoms with Gasteiger partial charge in [-0.1, -0.05) is 147 Å². The second-order valence-corrected chi connectivity index (χ2v) is 18.9. The fourth-order valence-electron chi connectivity index (χ4n) is 11.7. The zero-order valence-electron chi connectivity index (χ0n) is 35.9. The largest absolute Gasteiger partial charge is 0.462 e. The van der Waals surface area contributed by atoms with Crippen LogP contribution in [0.3, 0.4) is 0 Å². The Hall–Kier alpha value is -1.83. The number of hydrogen-bond donors (Lipinski definition) is 0. The van der Waals surface area contributed by atoms with Crippen LogP contribution in [0.1, 0.15) is 196 Å². The Bertz CT molecular complexity index is 1220. The molecule has 0 aliphatic heterocycles. The van der Waals surface area contributed by atoms with Crippen molar-refractivity contribution in [3.63, 3.8) is 0 Å². The van der Waals surface area contributed by atoms with E-state index in [0.29, 0.717) is 29.1 Å². The molecular formula is C51H84O2. The van der Waals surface area contributed by atoms with Crippen molar-refractivity contribution in [1.29, 1.82) is 0 Å². The van der Waals surface area contributed by atoms with Crippen LogP contribution in [-0.4, -0.2) is 12.1 Å². The molecule has 0 spiro atoms. The molecule has 0 heterocycles. The molecule has 2 heteroatoms. The summed E-state index contributed by atoms with van der Waals surface area (Å²) in [6, 6.07) is 0. The number of carbonyl (C=O) groups is 1. The Balaban J connectivity index is 1.09. The number of allylic oxidation sites excluding steroid dienone is 9. The molecule has 0 aromatic carbocycles. The van der Waals surface area contributed by atoms with Gasteiger partial charge in [0.15, 0.2) is 0 Å². The van der Waals surface area contributed by atoms with E-state index in [-0.39, 0.29) is 12.1 Å². The first-order valence-corrected chi connectivity index (χ1v) is 23.2. The van der Waals surface area contributed by atoms with Gasteiger partial charge in [0.25, 0.3) is 0 Å². The lowest BCUT2D eigenvalue weighted by Gasteiger charge is -2.58. The third-order valence-electron chi connectivity index (χ3n) is 15.1. The van der Waals surface area contributed by atoms with Gasteiger partial charge in [-0.25, -0.2) is 0 Å². The fraction of sp³-hybridized carbons (Fsp3) is 0.784. The van der Waals surface area contributed by atoms with Gasteiger partial charge in [0.05, 0.1) is 0 Å². The van der Waals surface area contributed by atoms with E-state index in [1.165, 1.54) is 103 Å². The summed E-state index contributed by atoms with van der Waals surface area (Å²) in [6.45, 7) is 17.2. The molecule has 0 saturated heterocycles. The van der Waals surface area contributed by atoms with E-state index in [9.17, 15) is 4.79 Å². The molecule has 300 valence electrons. The highest BCUT2D eigenvalue weighted by molar-refractivity contribution is 5.69. The molecule has 3 fully saturated rings. The Labute approximate surface area is 329 Å². The first-order chi connectivity index (χ1) is 25.6. The van der Waals surface area contributed by atoms with Crippen LogP contribution in [0.15, 0.2) is 60.3 Å². The second kappa shape index (κ2) is 22.7. The molecule has 0 bridgehead atoms. The quantitative estimate of drug-likeness (QED) is 0.0595. The van der Waals surface area contributed by atoms with Crippen molar-refractivity contribution in [3.8, 4) is 0 Å². The number of fused-ring (bicyclic) bond motifs is 5. The summed E-state index contributed by atoms with van der Waals surface area (Å²) in [7, 11) is 0. The lowest BCUT2D eigenvalue weighted by molar-refractivity contribution is -0.151. The molecule has 0 aromatic heterocycles. The maximum atomic E-state index is 12.9. The SMILES string of the molecule is CCCCC/C=C\C/C=C\C/C=C\CCCCCCCCC(=O)OC1CCC2(C)C(=CCC3C2CCC2(C)C(C(C)/C=C/C(CC)C(C)C)CCC32)C1. The van der Waals surface area contributed by atoms with Crippen molar-refractivity contribution < 1.29 is 9.53 Å². The highest BCUT2D eigenvalue weighted by atomic mass is 16.5. The zero-order valence-corrected chi connectivity index (χ0v) is 35.9. The third-order valence-corrected chi connectivity index (χ3v) is 15.1. The first-order valence-electron chi connectivity index (χ1n) is 23.2. The van der Waals surface area contributed by atoms with Gasteiger partial charge in [-0.15, -0.1) is 0 Å². The highest BCUT2D eigenvalue weighted by Crippen LogP contribution is 2.67. The summed E-state index contributed by atoms with van der Waals surface area (Å²) >= 11 is 0. The molecular weight excluding hydrogens is 645 g/mol. The minimum atomic E-state index is 0.0438. The van der Waals surface area contributed by atoms with E-state index in [1.54, 1.807) is 5.57 Å². The summed E-state index contributed by atoms with van der Waals surface area (Å²) in [4.78, 5) is 12.9. The van der Waals surface area contributed by atoms with E-state index in [0.717, 1.165) is 68.1 Å². The summed E-state index contributed by atoms with van der Waals surface area (Å²) in [5.41, 5.74) is 2.42. The average molecular weight is 729 g/mol. The van der Waals surface area contributed by atoms with Gasteiger partial charge in [-0.05, 0) is 149 Å². The van der Waals surface area contributed by atoms with Gasteiger partial charge in [-0.3, -0.25) is 4.79 Å². The van der Waals surface area contributed by atoms with E-state index >= 15 is 0 Å². The lowest BCUT2D eigenvalue weighted by Crippen LogP contribution is -2.51. The van der Waals surface area contributed by atoms with E-state index in [1.807, 2.05) is 0 Å². The molecule has 9 atom stereocenters. The van der Waals surface area contributed by atoms with Gasteiger partial charge in [0.1, 0.15) is 6.10 Å². The minimum absolute atomic E-state index is 0.0438. The van der Waals surface area contributed by atoms with Crippen LogP contribution in [0.2, 0.25) is 0 Å². The van der Waals surface area contributed by atoms with Gasteiger partial charge < -0.3 is 4.74 Å². The number of hydrogen-bond acceptors (Lipinski definition) is 2. The van der Waals surface area contributed by atoms with Crippen molar-refractivity contribution >= 4 is 5.97 Å². The van der Waals surface area contributed by atoms with Crippen LogP contribution in [0.4, 0.5) is 0 Å². The highest BCUT2D eigenvalue weighted by Gasteiger charge is 2.59. The van der Waals surface area contributed by atoms with E-state index in [2.05, 4.69) is 103 Å². The predicted octanol–water partition coefficient (Wildman–Crippen LogP) is 15.5. The molecule has 0 aromatic rings. The van der Waals surface area contributed by atoms with Gasteiger partial charge in [0, 0.05) is 12.8 Å². The number of unbranched alkanes of at least 4 members (excludes halogenated alkanes) is 9. The molecule has 4 rings (SSSR count). The van der Waals surface area contributed by atoms with E-state index < -0.39 is 0 Å².